The van der Waals surface area contributed by atoms with Gasteiger partial charge < -0.3 is 14.5 Å². The molecule has 2 saturated heterocycles. The molecule has 8 rings (SSSR count). The highest BCUT2D eigenvalue weighted by molar-refractivity contribution is 6.33. The van der Waals surface area contributed by atoms with Crippen molar-refractivity contribution in [2.45, 2.75) is 104 Å². The Morgan fingerprint density at radius 1 is 0.950 bits per heavy atom. The number of pyridine rings is 1. The number of nitrogens with zero attached hydrogens (tertiary/aromatic N) is 5. The van der Waals surface area contributed by atoms with E-state index in [2.05, 4.69) is 55.0 Å². The molecule has 3 fully saturated rings. The van der Waals surface area contributed by atoms with Crippen LogP contribution in [0.1, 0.15) is 110 Å². The van der Waals surface area contributed by atoms with Crippen LogP contribution in [0.2, 0.25) is 5.02 Å². The smallest absolute Gasteiger partial charge is 0.262 e. The maximum atomic E-state index is 15.5. The summed E-state index contributed by atoms with van der Waals surface area (Å²) in [6, 6.07) is 9.89. The predicted molar refractivity (Wildman–Crippen MR) is 220 cm³/mol. The highest BCUT2D eigenvalue weighted by atomic mass is 35.5. The van der Waals surface area contributed by atoms with Crippen LogP contribution in [0, 0.1) is 35.1 Å². The SMILES string of the molecule is [C-]#[N+]c1ccc(OC2C(C)(C)C(N3Cc4nc(C#CC(C)(C)NC5CCN(c6cc7c(cc6F)C(=O)N(C6CCC(=O)NC6=O)C7=O)CC5)ccc4C3=O)C2(C)C)cc1Cl. The topological polar surface area (TPSA) is 146 Å². The predicted octanol–water partition coefficient (Wildman–Crippen LogP) is 6.05. The van der Waals surface area contributed by atoms with Crippen LogP contribution in [-0.4, -0.2) is 87.2 Å². The van der Waals surface area contributed by atoms with Crippen LogP contribution in [0.15, 0.2) is 42.5 Å². The average molecular weight is 834 g/mol. The number of fused-ring (bicyclic) bond motifs is 2. The number of imide groups is 2. The number of amides is 5. The molecule has 1 atom stereocenters. The van der Waals surface area contributed by atoms with Gasteiger partial charge in [-0.2, -0.15) is 0 Å². The monoisotopic (exact) mass is 833 g/mol. The lowest BCUT2D eigenvalue weighted by atomic mass is 9.49. The van der Waals surface area contributed by atoms with Gasteiger partial charge in [0.25, 0.3) is 17.7 Å². The normalized spacial score (nSPS) is 23.4. The van der Waals surface area contributed by atoms with Crippen molar-refractivity contribution in [1.82, 2.24) is 25.4 Å². The molecule has 2 N–H and O–H groups in total. The number of nitrogens with one attached hydrogen (secondary N) is 2. The lowest BCUT2D eigenvalue weighted by Crippen LogP contribution is -2.74. The van der Waals surface area contributed by atoms with Crippen LogP contribution in [-0.2, 0) is 16.1 Å². The molecule has 1 saturated carbocycles. The van der Waals surface area contributed by atoms with Gasteiger partial charge in [-0.15, -0.1) is 0 Å². The number of carbonyl (C=O) groups is 5. The Morgan fingerprint density at radius 2 is 1.63 bits per heavy atom. The van der Waals surface area contributed by atoms with Crippen LogP contribution in [0.5, 0.6) is 5.75 Å². The molecule has 5 aliphatic rings. The van der Waals surface area contributed by atoms with Gasteiger partial charge in [0.15, 0.2) is 0 Å². The van der Waals surface area contributed by atoms with Crippen molar-refractivity contribution in [3.8, 4) is 17.6 Å². The summed E-state index contributed by atoms with van der Waals surface area (Å²) in [5.74, 6) is 3.78. The molecule has 15 heteroatoms. The average Bonchev–Trinajstić information content (AvgIpc) is 3.62. The van der Waals surface area contributed by atoms with Crippen molar-refractivity contribution in [3.05, 3.63) is 92.8 Å². The van der Waals surface area contributed by atoms with E-state index in [0.29, 0.717) is 65.9 Å². The Morgan fingerprint density at radius 3 is 2.28 bits per heavy atom. The van der Waals surface area contributed by atoms with Crippen LogP contribution < -0.4 is 20.3 Å². The van der Waals surface area contributed by atoms with E-state index in [0.717, 1.165) is 11.0 Å². The van der Waals surface area contributed by atoms with Gasteiger partial charge in [0.05, 0.1) is 51.8 Å². The van der Waals surface area contributed by atoms with E-state index in [1.54, 1.807) is 30.3 Å². The third kappa shape index (κ3) is 6.95. The van der Waals surface area contributed by atoms with Crippen molar-refractivity contribution in [3.63, 3.8) is 0 Å². The first-order valence-corrected chi connectivity index (χ1v) is 20.4. The molecule has 1 aliphatic carbocycles. The van der Waals surface area contributed by atoms with Gasteiger partial charge in [-0.1, -0.05) is 51.3 Å². The zero-order valence-corrected chi connectivity index (χ0v) is 35.0. The molecular weight excluding hydrogens is 789 g/mol. The Kier molecular flexibility index (Phi) is 10.0. The van der Waals surface area contributed by atoms with Crippen LogP contribution in [0.4, 0.5) is 15.8 Å². The lowest BCUT2D eigenvalue weighted by molar-refractivity contribution is -0.199. The molecule has 0 bridgehead atoms. The first-order valence-electron chi connectivity index (χ1n) is 20.1. The number of carbonyl (C=O) groups excluding carboxylic acids is 5. The van der Waals surface area contributed by atoms with Crippen molar-refractivity contribution in [1.29, 1.82) is 0 Å². The number of rotatable bonds is 7. The molecule has 0 spiro atoms. The van der Waals surface area contributed by atoms with E-state index in [9.17, 15) is 24.0 Å². The molecular formula is C45H45ClFN7O6. The van der Waals surface area contributed by atoms with Gasteiger partial charge >= 0.3 is 0 Å². The van der Waals surface area contributed by atoms with Crippen LogP contribution in [0.3, 0.4) is 0 Å². The Balaban J connectivity index is 0.885. The zero-order valence-electron chi connectivity index (χ0n) is 34.2. The van der Waals surface area contributed by atoms with E-state index < -0.39 is 51.9 Å². The molecule has 4 aliphatic heterocycles. The molecule has 13 nitrogen and oxygen atoms in total. The Labute approximate surface area is 352 Å². The fourth-order valence-electron chi connectivity index (χ4n) is 10.2. The number of ether oxygens (including phenoxy) is 1. The third-order valence-corrected chi connectivity index (χ3v) is 12.9. The zero-order chi connectivity index (χ0) is 43.1. The maximum absolute atomic E-state index is 15.5. The quantitative estimate of drug-likeness (QED) is 0.165. The highest BCUT2D eigenvalue weighted by Gasteiger charge is 2.67. The number of piperidine rings is 2. The minimum Gasteiger partial charge on any atom is -0.489 e. The van der Waals surface area contributed by atoms with Gasteiger partial charge in [0.2, 0.25) is 17.5 Å². The third-order valence-electron chi connectivity index (χ3n) is 12.6. The van der Waals surface area contributed by atoms with Gasteiger partial charge in [-0.05, 0) is 75.4 Å². The molecule has 3 aromatic rings. The van der Waals surface area contributed by atoms with Crippen LogP contribution >= 0.6 is 11.6 Å². The van der Waals surface area contributed by atoms with Gasteiger partial charge in [-0.25, -0.2) is 14.2 Å². The van der Waals surface area contributed by atoms with Crippen molar-refractivity contribution in [2.75, 3.05) is 18.0 Å². The fourth-order valence-corrected chi connectivity index (χ4v) is 10.5. The second kappa shape index (κ2) is 14.7. The Hall–Kier alpha value is -5.83. The number of anilines is 1. The molecule has 310 valence electrons. The summed E-state index contributed by atoms with van der Waals surface area (Å²) in [5.41, 5.74) is 0.881. The number of halogens is 2. The molecule has 1 aromatic heterocycles. The summed E-state index contributed by atoms with van der Waals surface area (Å²) in [7, 11) is 0. The number of benzene rings is 2. The molecule has 60 heavy (non-hydrogen) atoms. The van der Waals surface area contributed by atoms with Gasteiger partial charge in [0.1, 0.15) is 29.4 Å². The number of hydrogen-bond donors (Lipinski definition) is 2. The second-order valence-corrected chi connectivity index (χ2v) is 18.4. The Bertz CT molecular complexity index is 2480. The molecule has 0 radical (unpaired) electrons. The van der Waals surface area contributed by atoms with E-state index in [1.165, 1.54) is 6.07 Å². The van der Waals surface area contributed by atoms with Crippen LogP contribution in [0.25, 0.3) is 4.85 Å². The van der Waals surface area contributed by atoms with Crippen molar-refractivity contribution in [2.24, 2.45) is 10.8 Å². The molecule has 2 aromatic carbocycles. The van der Waals surface area contributed by atoms with E-state index >= 15 is 4.39 Å². The maximum Gasteiger partial charge on any atom is 0.262 e. The summed E-state index contributed by atoms with van der Waals surface area (Å²) < 4.78 is 22.0. The minimum atomic E-state index is -1.13. The minimum absolute atomic E-state index is 0.00156. The summed E-state index contributed by atoms with van der Waals surface area (Å²) in [4.78, 5) is 77.2. The van der Waals surface area contributed by atoms with Gasteiger partial charge in [0, 0.05) is 42.4 Å². The number of hydrogen-bond acceptors (Lipinski definition) is 9. The van der Waals surface area contributed by atoms with Crippen molar-refractivity contribution >= 4 is 52.5 Å². The summed E-state index contributed by atoms with van der Waals surface area (Å²) in [6.45, 7) is 20.9. The summed E-state index contributed by atoms with van der Waals surface area (Å²) in [5, 5.41) is 6.12. The molecule has 5 amide bonds. The lowest BCUT2D eigenvalue weighted by Gasteiger charge is -2.65. The fraction of sp³-hybridized carbons (Fsp3) is 0.444. The molecule has 5 heterocycles. The largest absolute Gasteiger partial charge is 0.489 e. The first-order chi connectivity index (χ1) is 28.3. The van der Waals surface area contributed by atoms with E-state index in [1.807, 2.05) is 23.6 Å². The van der Waals surface area contributed by atoms with Gasteiger partial charge in [-0.3, -0.25) is 39.5 Å². The van der Waals surface area contributed by atoms with Crippen molar-refractivity contribution < 1.29 is 33.1 Å². The van der Waals surface area contributed by atoms with E-state index in [-0.39, 0.29) is 53.8 Å². The van der Waals surface area contributed by atoms with E-state index in [4.69, 9.17) is 27.9 Å². The second-order valence-electron chi connectivity index (χ2n) is 18.0. The standard InChI is InChI=1S/C45H45ClFN7O6/c1-43(2,51-25-15-18-52(19-16-25)35-22-29-28(21-31(35)47)39(58)54(40(29)59)34-12-13-36(55)50-37(34)56)17-14-24-8-10-27-33(49-24)23-53(38(27)57)41-44(3,4)42(45(41,5)6)60-26-9-11-32(48-7)30(46)20-26/h8-11,20-22,25,34,41-42,51H,12-13,15-16,18-19,23H2,1-6H3,(H,50,55,56). The summed E-state index contributed by atoms with van der Waals surface area (Å²) >= 11 is 6.29. The first kappa shape index (κ1) is 40.9. The highest BCUT2D eigenvalue weighted by Crippen LogP contribution is 2.59. The number of aromatic nitrogens is 1. The molecule has 1 unspecified atom stereocenters. The summed E-state index contributed by atoms with van der Waals surface area (Å²) in [6.07, 6.45) is 1.11.